The summed E-state index contributed by atoms with van der Waals surface area (Å²) in [4.78, 5) is 71.4. The third-order valence-corrected chi connectivity index (χ3v) is 7.69. The highest BCUT2D eigenvalue weighted by Gasteiger charge is 2.45. The van der Waals surface area contributed by atoms with Crippen LogP contribution in [0, 0.1) is 11.8 Å². The number of anilines is 2. The quantitative estimate of drug-likeness (QED) is 0.308. The van der Waals surface area contributed by atoms with E-state index in [9.17, 15) is 19.2 Å². The number of aryl methyl sites for hydroxylation is 1. The van der Waals surface area contributed by atoms with Gasteiger partial charge in [-0.2, -0.15) is 0 Å². The van der Waals surface area contributed by atoms with E-state index in [1.54, 1.807) is 37.5 Å². The molecule has 6 rings (SSSR count). The van der Waals surface area contributed by atoms with E-state index in [0.29, 0.717) is 23.0 Å². The molecule has 2 unspecified atom stereocenters. The number of carbonyl (C=O) groups excluding carboxylic acids is 2. The molecule has 1 saturated carbocycles. The van der Waals surface area contributed by atoms with E-state index in [1.807, 2.05) is 0 Å². The average molecular weight is 560 g/mol. The van der Waals surface area contributed by atoms with Crippen molar-refractivity contribution in [3.63, 3.8) is 0 Å². The highest BCUT2D eigenvalue weighted by molar-refractivity contribution is 5.93. The van der Waals surface area contributed by atoms with Crippen molar-refractivity contribution >= 4 is 34.6 Å². The third kappa shape index (κ3) is 4.90. The van der Waals surface area contributed by atoms with E-state index in [-0.39, 0.29) is 17.8 Å². The Morgan fingerprint density at radius 3 is 2.56 bits per heavy atom. The van der Waals surface area contributed by atoms with Crippen LogP contribution in [0.3, 0.4) is 0 Å². The van der Waals surface area contributed by atoms with E-state index in [4.69, 9.17) is 4.74 Å². The standard InChI is InChI=1S/C27H29N9O5/c1-15(36-14-30-23-22(36)25(39)35(27(40)33(23)2)12-19(37)13-41-3)24(38)32-21-6-4-5-20(31-21)18-8-28-26(29-9-18)34-10-16-7-17(16)11-34/h4-6,8-9,14-17H,7,10-13H2,1-3H3,(H,31,32,38)/t15-,16?,17?/m0/s1. The van der Waals surface area contributed by atoms with Gasteiger partial charge in [0.05, 0.1) is 18.6 Å². The number of nitrogens with one attached hydrogen (secondary N) is 1. The van der Waals surface area contributed by atoms with Gasteiger partial charge in [0.15, 0.2) is 16.9 Å². The number of pyridine rings is 1. The topological polar surface area (TPSA) is 159 Å². The fraction of sp³-hybridized carbons (Fsp3) is 0.407. The van der Waals surface area contributed by atoms with Gasteiger partial charge in [0.25, 0.3) is 5.56 Å². The predicted molar refractivity (Wildman–Crippen MR) is 149 cm³/mol. The van der Waals surface area contributed by atoms with Gasteiger partial charge in [0.1, 0.15) is 18.5 Å². The second-order valence-corrected chi connectivity index (χ2v) is 10.5. The third-order valence-electron chi connectivity index (χ3n) is 7.69. The van der Waals surface area contributed by atoms with Crippen LogP contribution in [0.4, 0.5) is 11.8 Å². The van der Waals surface area contributed by atoms with Crippen molar-refractivity contribution < 1.29 is 14.3 Å². The Morgan fingerprint density at radius 1 is 1.12 bits per heavy atom. The number of methoxy groups -OCH3 is 1. The second kappa shape index (κ2) is 10.4. The molecule has 1 aliphatic heterocycles. The molecule has 1 amide bonds. The number of aromatic nitrogens is 7. The summed E-state index contributed by atoms with van der Waals surface area (Å²) in [5.74, 6) is 1.68. The van der Waals surface area contributed by atoms with Crippen molar-refractivity contribution in [1.82, 2.24) is 33.6 Å². The molecule has 3 atom stereocenters. The van der Waals surface area contributed by atoms with Crippen molar-refractivity contribution in [1.29, 1.82) is 0 Å². The second-order valence-electron chi connectivity index (χ2n) is 10.5. The van der Waals surface area contributed by atoms with Crippen LogP contribution in [0.15, 0.2) is 46.5 Å². The van der Waals surface area contributed by atoms with E-state index in [1.165, 1.54) is 36.0 Å². The van der Waals surface area contributed by atoms with Crippen molar-refractivity contribution in [2.24, 2.45) is 18.9 Å². The summed E-state index contributed by atoms with van der Waals surface area (Å²) >= 11 is 0. The smallest absolute Gasteiger partial charge is 0.332 e. The Labute approximate surface area is 233 Å². The lowest BCUT2D eigenvalue weighted by Gasteiger charge is -2.17. The van der Waals surface area contributed by atoms with Gasteiger partial charge in [-0.3, -0.25) is 23.5 Å². The molecule has 14 heteroatoms. The first-order valence-corrected chi connectivity index (χ1v) is 13.3. The summed E-state index contributed by atoms with van der Waals surface area (Å²) in [5.41, 5.74) is 0.0211. The molecule has 41 heavy (non-hydrogen) atoms. The summed E-state index contributed by atoms with van der Waals surface area (Å²) in [6.07, 6.45) is 6.09. The summed E-state index contributed by atoms with van der Waals surface area (Å²) in [6.45, 7) is 2.91. The minimum Gasteiger partial charge on any atom is -0.377 e. The summed E-state index contributed by atoms with van der Waals surface area (Å²) in [6, 6.07) is 4.33. The van der Waals surface area contributed by atoms with Crippen molar-refractivity contribution in [2.45, 2.75) is 25.9 Å². The molecule has 1 saturated heterocycles. The first-order chi connectivity index (χ1) is 19.7. The zero-order valence-corrected chi connectivity index (χ0v) is 22.9. The van der Waals surface area contributed by atoms with E-state index in [2.05, 4.69) is 30.2 Å². The number of carbonyl (C=O) groups is 2. The van der Waals surface area contributed by atoms with Gasteiger partial charge >= 0.3 is 5.69 Å². The molecular formula is C27H29N9O5. The highest BCUT2D eigenvalue weighted by atomic mass is 16.5. The number of ether oxygens (including phenoxy) is 1. The molecule has 5 heterocycles. The SMILES string of the molecule is COCC(=O)Cn1c(=O)c2c(ncn2[C@@H](C)C(=O)Nc2cccc(-c3cnc(N4CC5CC5C4)nc3)n2)n(C)c1=O. The number of hydrogen-bond donors (Lipinski definition) is 1. The Bertz CT molecular complexity index is 1760. The molecule has 0 bridgehead atoms. The Balaban J connectivity index is 1.22. The van der Waals surface area contributed by atoms with Crippen LogP contribution in [0.1, 0.15) is 19.4 Å². The first-order valence-electron chi connectivity index (χ1n) is 13.3. The monoisotopic (exact) mass is 559 g/mol. The van der Waals surface area contributed by atoms with Crippen LogP contribution in [0.2, 0.25) is 0 Å². The molecule has 2 fully saturated rings. The van der Waals surface area contributed by atoms with Gasteiger partial charge in [-0.1, -0.05) is 6.07 Å². The normalized spacial score (nSPS) is 18.4. The molecule has 0 radical (unpaired) electrons. The van der Waals surface area contributed by atoms with E-state index >= 15 is 0 Å². The van der Waals surface area contributed by atoms with Crippen LogP contribution in [0.25, 0.3) is 22.4 Å². The fourth-order valence-electron chi connectivity index (χ4n) is 5.31. The molecule has 1 aliphatic carbocycles. The lowest BCUT2D eigenvalue weighted by atomic mass is 10.2. The molecule has 1 N–H and O–H groups in total. The maximum absolute atomic E-state index is 13.3. The number of rotatable bonds is 9. The van der Waals surface area contributed by atoms with Gasteiger partial charge in [0, 0.05) is 45.2 Å². The fourth-order valence-corrected chi connectivity index (χ4v) is 5.31. The van der Waals surface area contributed by atoms with Crippen molar-refractivity contribution in [3.05, 3.63) is 57.8 Å². The average Bonchev–Trinajstić information content (AvgIpc) is 3.35. The number of amides is 1. The van der Waals surface area contributed by atoms with Gasteiger partial charge in [-0.25, -0.2) is 24.7 Å². The number of nitrogens with zero attached hydrogens (tertiary/aromatic N) is 8. The summed E-state index contributed by atoms with van der Waals surface area (Å²) in [7, 11) is 2.80. The minimum atomic E-state index is -0.895. The van der Waals surface area contributed by atoms with Crippen molar-refractivity contribution in [3.8, 4) is 11.3 Å². The maximum atomic E-state index is 13.3. The molecule has 212 valence electrons. The molecule has 0 aromatic carbocycles. The van der Waals surface area contributed by atoms with Crippen LogP contribution in [-0.2, 0) is 27.9 Å². The van der Waals surface area contributed by atoms with Crippen LogP contribution >= 0.6 is 0 Å². The lowest BCUT2D eigenvalue weighted by Crippen LogP contribution is -2.42. The number of ketones is 1. The molecule has 0 spiro atoms. The summed E-state index contributed by atoms with van der Waals surface area (Å²) in [5, 5.41) is 2.78. The molecule has 2 aliphatic rings. The first kappa shape index (κ1) is 26.5. The summed E-state index contributed by atoms with van der Waals surface area (Å²) < 4.78 is 8.18. The molecule has 4 aromatic rings. The van der Waals surface area contributed by atoms with Crippen LogP contribution in [0.5, 0.6) is 0 Å². The number of hydrogen-bond acceptors (Lipinski definition) is 10. The largest absolute Gasteiger partial charge is 0.377 e. The van der Waals surface area contributed by atoms with E-state index in [0.717, 1.165) is 29.5 Å². The zero-order valence-electron chi connectivity index (χ0n) is 22.9. The molecule has 14 nitrogen and oxygen atoms in total. The Kier molecular flexibility index (Phi) is 6.69. The van der Waals surface area contributed by atoms with Gasteiger partial charge in [-0.05, 0) is 37.3 Å². The van der Waals surface area contributed by atoms with Crippen LogP contribution in [-0.4, -0.2) is 72.1 Å². The Morgan fingerprint density at radius 2 is 1.85 bits per heavy atom. The van der Waals surface area contributed by atoms with Gasteiger partial charge < -0.3 is 19.5 Å². The zero-order chi connectivity index (χ0) is 28.8. The van der Waals surface area contributed by atoms with E-state index < -0.39 is 35.5 Å². The lowest BCUT2D eigenvalue weighted by molar-refractivity contribution is -0.123. The van der Waals surface area contributed by atoms with Crippen molar-refractivity contribution in [2.75, 3.05) is 37.0 Å². The minimum absolute atomic E-state index is 0.0224. The Hall–Kier alpha value is -4.72. The van der Waals surface area contributed by atoms with Gasteiger partial charge in [-0.15, -0.1) is 0 Å². The maximum Gasteiger partial charge on any atom is 0.332 e. The van der Waals surface area contributed by atoms with Crippen LogP contribution < -0.4 is 21.5 Å². The predicted octanol–water partition coefficient (Wildman–Crippen LogP) is 0.620. The molecule has 4 aromatic heterocycles. The number of piperidine rings is 1. The molecular weight excluding hydrogens is 530 g/mol. The number of imidazole rings is 1. The number of fused-ring (bicyclic) bond motifs is 2. The van der Waals surface area contributed by atoms with Gasteiger partial charge in [0.2, 0.25) is 11.9 Å². The highest BCUT2D eigenvalue weighted by Crippen LogP contribution is 2.45. The number of Topliss-reactive ketones (excluding diaryl/α,β-unsaturated/α-hetero) is 1.